The Morgan fingerprint density at radius 2 is 1.81 bits per heavy atom. The summed E-state index contributed by atoms with van der Waals surface area (Å²) in [5, 5.41) is 18.0. The Kier molecular flexibility index (Phi) is 4.55. The number of aromatic amines is 1. The van der Waals surface area contributed by atoms with Crippen molar-refractivity contribution in [2.24, 2.45) is 0 Å². The number of carboxylic acids is 1. The number of nitrogens with zero attached hydrogens (tertiary/aromatic N) is 2. The average molecular weight is 431 g/mol. The van der Waals surface area contributed by atoms with Crippen LogP contribution in [0.25, 0.3) is 38.6 Å². The van der Waals surface area contributed by atoms with Crippen LogP contribution in [-0.2, 0) is 0 Å². The van der Waals surface area contributed by atoms with Crippen molar-refractivity contribution in [3.8, 4) is 16.8 Å². The fourth-order valence-electron chi connectivity index (χ4n) is 4.29. The van der Waals surface area contributed by atoms with Crippen LogP contribution >= 0.6 is 0 Å². The van der Waals surface area contributed by atoms with E-state index >= 15 is 4.39 Å². The monoisotopic (exact) mass is 431 g/mol. The first-order valence-electron chi connectivity index (χ1n) is 10.2. The number of rotatable bonds is 4. The predicted molar refractivity (Wildman–Crippen MR) is 119 cm³/mol. The third-order valence-corrected chi connectivity index (χ3v) is 5.68. The summed E-state index contributed by atoms with van der Waals surface area (Å²) in [4.78, 5) is 11.3. The van der Waals surface area contributed by atoms with Crippen molar-refractivity contribution in [2.45, 2.75) is 19.8 Å². The molecule has 2 heterocycles. The largest absolute Gasteiger partial charge is 0.478 e. The molecule has 7 heteroatoms. The second-order valence-corrected chi connectivity index (χ2v) is 8.05. The Balaban J connectivity index is 1.93. The molecule has 0 aliphatic rings. The lowest BCUT2D eigenvalue weighted by Gasteiger charge is -2.16. The second kappa shape index (κ2) is 7.30. The molecule has 0 aliphatic heterocycles. The molecule has 0 bridgehead atoms. The molecule has 2 aromatic heterocycles. The Morgan fingerprint density at radius 3 is 2.47 bits per heavy atom. The third kappa shape index (κ3) is 3.05. The van der Waals surface area contributed by atoms with Gasteiger partial charge in [-0.2, -0.15) is 5.10 Å². The summed E-state index contributed by atoms with van der Waals surface area (Å²) in [6.07, 6.45) is 1.72. The van der Waals surface area contributed by atoms with Gasteiger partial charge in [0.2, 0.25) is 0 Å². The lowest BCUT2D eigenvalue weighted by atomic mass is 9.95. The van der Waals surface area contributed by atoms with Crippen LogP contribution in [0.1, 0.15) is 35.8 Å². The maximum atomic E-state index is 15.2. The molecule has 5 rings (SSSR count). The minimum absolute atomic E-state index is 0.0162. The van der Waals surface area contributed by atoms with E-state index in [1.54, 1.807) is 18.3 Å². The van der Waals surface area contributed by atoms with Gasteiger partial charge in [-0.15, -0.1) is 0 Å². The molecule has 5 aromatic rings. The lowest BCUT2D eigenvalue weighted by molar-refractivity contribution is 0.0696. The Labute approximate surface area is 181 Å². The Bertz CT molecular complexity index is 1500. The van der Waals surface area contributed by atoms with Crippen molar-refractivity contribution in [3.05, 3.63) is 83.7 Å². The molecule has 2 N–H and O–H groups in total. The summed E-state index contributed by atoms with van der Waals surface area (Å²) in [6.45, 7) is 4.02. The highest BCUT2D eigenvalue weighted by Crippen LogP contribution is 2.42. The predicted octanol–water partition coefficient (Wildman–Crippen LogP) is 6.27. The summed E-state index contributed by atoms with van der Waals surface area (Å²) in [7, 11) is 0. The maximum Gasteiger partial charge on any atom is 0.335 e. The highest BCUT2D eigenvalue weighted by Gasteiger charge is 2.25. The first kappa shape index (κ1) is 19.9. The van der Waals surface area contributed by atoms with E-state index in [0.29, 0.717) is 11.1 Å². The number of hydrogen-bond donors (Lipinski definition) is 2. The highest BCUT2D eigenvalue weighted by molar-refractivity contribution is 6.06. The number of benzene rings is 3. The van der Waals surface area contributed by atoms with Gasteiger partial charge in [0.05, 0.1) is 22.8 Å². The van der Waals surface area contributed by atoms with Crippen molar-refractivity contribution >= 4 is 27.8 Å². The van der Waals surface area contributed by atoms with Crippen molar-refractivity contribution < 1.29 is 18.7 Å². The van der Waals surface area contributed by atoms with Crippen LogP contribution in [0.4, 0.5) is 8.78 Å². The maximum absolute atomic E-state index is 15.2. The van der Waals surface area contributed by atoms with Gasteiger partial charge in [0.15, 0.2) is 0 Å². The highest BCUT2D eigenvalue weighted by atomic mass is 19.1. The fourth-order valence-corrected chi connectivity index (χ4v) is 4.29. The molecule has 0 aliphatic carbocycles. The van der Waals surface area contributed by atoms with Crippen LogP contribution in [0.3, 0.4) is 0 Å². The van der Waals surface area contributed by atoms with Gasteiger partial charge in [0.25, 0.3) is 0 Å². The van der Waals surface area contributed by atoms with E-state index in [2.05, 4.69) is 10.2 Å². The zero-order valence-corrected chi connectivity index (χ0v) is 17.4. The number of aromatic nitrogens is 3. The van der Waals surface area contributed by atoms with E-state index in [-0.39, 0.29) is 17.3 Å². The van der Waals surface area contributed by atoms with E-state index in [1.165, 1.54) is 24.3 Å². The quantitative estimate of drug-likeness (QED) is 0.352. The average Bonchev–Trinajstić information content (AvgIpc) is 3.34. The first-order chi connectivity index (χ1) is 15.3. The van der Waals surface area contributed by atoms with Crippen LogP contribution < -0.4 is 0 Å². The number of H-pyrrole nitrogens is 1. The van der Waals surface area contributed by atoms with Gasteiger partial charge < -0.3 is 9.67 Å². The van der Waals surface area contributed by atoms with Gasteiger partial charge in [0, 0.05) is 33.3 Å². The smallest absolute Gasteiger partial charge is 0.335 e. The topological polar surface area (TPSA) is 70.9 Å². The number of hydrogen-bond acceptors (Lipinski definition) is 2. The number of carbonyl (C=O) groups is 1. The SMILES string of the molecule is CC(C)c1c(-c2ccc(C(=O)O)cc2F)c2cc3[nH]ncc3cc2n1-c1ccc(F)cc1. The van der Waals surface area contributed by atoms with E-state index < -0.39 is 11.8 Å². The van der Waals surface area contributed by atoms with E-state index in [1.807, 2.05) is 30.5 Å². The Hall–Kier alpha value is -4.00. The van der Waals surface area contributed by atoms with Crippen LogP contribution in [0, 0.1) is 11.6 Å². The fraction of sp³-hybridized carbons (Fsp3) is 0.120. The van der Waals surface area contributed by atoms with Crippen LogP contribution in [0.2, 0.25) is 0 Å². The van der Waals surface area contributed by atoms with Gasteiger partial charge in [-0.05, 0) is 54.4 Å². The van der Waals surface area contributed by atoms with Crippen LogP contribution in [-0.4, -0.2) is 25.8 Å². The molecule has 0 atom stereocenters. The van der Waals surface area contributed by atoms with Gasteiger partial charge in [-0.25, -0.2) is 13.6 Å². The Morgan fingerprint density at radius 1 is 1.06 bits per heavy atom. The zero-order chi connectivity index (χ0) is 22.6. The molecular formula is C25H19F2N3O2. The van der Waals surface area contributed by atoms with Gasteiger partial charge in [0.1, 0.15) is 11.6 Å². The zero-order valence-electron chi connectivity index (χ0n) is 17.4. The minimum atomic E-state index is -1.19. The number of nitrogens with one attached hydrogen (secondary N) is 1. The molecule has 0 saturated heterocycles. The number of carboxylic acid groups (broad SMARTS) is 1. The number of aromatic carboxylic acids is 1. The van der Waals surface area contributed by atoms with Crippen molar-refractivity contribution in [1.29, 1.82) is 0 Å². The van der Waals surface area contributed by atoms with Gasteiger partial charge >= 0.3 is 5.97 Å². The number of halogens is 2. The summed E-state index contributed by atoms with van der Waals surface area (Å²) < 4.78 is 30.9. The number of fused-ring (bicyclic) bond motifs is 2. The van der Waals surface area contributed by atoms with Crippen molar-refractivity contribution in [1.82, 2.24) is 14.8 Å². The standard InChI is InChI=1S/C25H19F2N3O2/c1-13(2)24-23(18-8-3-14(25(31)32)9-20(18)27)19-11-21-15(12-28-29-21)10-22(19)30(24)17-6-4-16(26)5-7-17/h3-13H,1-2H3,(H,28,29)(H,31,32). The van der Waals surface area contributed by atoms with Crippen molar-refractivity contribution in [3.63, 3.8) is 0 Å². The summed E-state index contributed by atoms with van der Waals surface area (Å²) >= 11 is 0. The van der Waals surface area contributed by atoms with Gasteiger partial charge in [-0.3, -0.25) is 5.10 Å². The molecule has 0 spiro atoms. The molecule has 0 radical (unpaired) electrons. The summed E-state index contributed by atoms with van der Waals surface area (Å²) in [5.41, 5.74) is 4.08. The van der Waals surface area contributed by atoms with Crippen LogP contribution in [0.15, 0.2) is 60.8 Å². The third-order valence-electron chi connectivity index (χ3n) is 5.68. The second-order valence-electron chi connectivity index (χ2n) is 8.05. The summed E-state index contributed by atoms with van der Waals surface area (Å²) in [6, 6.07) is 14.0. The summed E-state index contributed by atoms with van der Waals surface area (Å²) in [5.74, 6) is -2.16. The molecule has 5 nitrogen and oxygen atoms in total. The van der Waals surface area contributed by atoms with E-state index in [0.717, 1.165) is 39.3 Å². The lowest BCUT2D eigenvalue weighted by Crippen LogP contribution is -2.04. The van der Waals surface area contributed by atoms with E-state index in [9.17, 15) is 14.3 Å². The molecule has 0 saturated carbocycles. The van der Waals surface area contributed by atoms with Gasteiger partial charge in [-0.1, -0.05) is 19.9 Å². The molecule has 0 fully saturated rings. The van der Waals surface area contributed by atoms with E-state index in [4.69, 9.17) is 0 Å². The normalized spacial score (nSPS) is 11.7. The molecule has 3 aromatic carbocycles. The molecular weight excluding hydrogens is 412 g/mol. The minimum Gasteiger partial charge on any atom is -0.478 e. The first-order valence-corrected chi connectivity index (χ1v) is 10.2. The molecule has 0 amide bonds. The molecule has 0 unspecified atom stereocenters. The molecule has 32 heavy (non-hydrogen) atoms. The molecule has 160 valence electrons. The van der Waals surface area contributed by atoms with Crippen molar-refractivity contribution in [2.75, 3.05) is 0 Å². The van der Waals surface area contributed by atoms with Crippen LogP contribution in [0.5, 0.6) is 0 Å².